The molecule has 0 radical (unpaired) electrons. The van der Waals surface area contributed by atoms with E-state index in [1.807, 2.05) is 6.92 Å². The topological polar surface area (TPSA) is 66.9 Å². The normalized spacial score (nSPS) is 34.8. The van der Waals surface area contributed by atoms with Crippen LogP contribution in [0.5, 0.6) is 0 Å². The molecule has 3 aliphatic rings. The van der Waals surface area contributed by atoms with Gasteiger partial charge in [-0.15, -0.1) is 0 Å². The molecule has 3 atom stereocenters. The molecule has 0 N–H and O–H groups in total. The van der Waals surface area contributed by atoms with E-state index in [0.717, 1.165) is 12.8 Å². The van der Waals surface area contributed by atoms with Gasteiger partial charge in [0.15, 0.2) is 0 Å². The number of piperazine rings is 1. The van der Waals surface area contributed by atoms with E-state index >= 15 is 0 Å². The minimum absolute atomic E-state index is 0.00800. The van der Waals surface area contributed by atoms with Gasteiger partial charge >= 0.3 is 17.8 Å². The van der Waals surface area contributed by atoms with Gasteiger partial charge in [-0.1, -0.05) is 20.8 Å². The van der Waals surface area contributed by atoms with Crippen molar-refractivity contribution in [3.05, 3.63) is 0 Å². The first-order valence-corrected chi connectivity index (χ1v) is 8.98. The minimum atomic E-state index is -0.598. The Balaban J connectivity index is 1.60. The van der Waals surface area contributed by atoms with Crippen LogP contribution < -0.4 is 0 Å². The van der Waals surface area contributed by atoms with Gasteiger partial charge in [0.2, 0.25) is 0 Å². The lowest BCUT2D eigenvalue weighted by molar-refractivity contribution is -0.165. The maximum Gasteiger partial charge on any atom is 0.325 e. The van der Waals surface area contributed by atoms with Crippen molar-refractivity contribution in [1.29, 1.82) is 0 Å². The zero-order chi connectivity index (χ0) is 17.7. The Kier molecular flexibility index (Phi) is 4.12. The molecular weight excluding hydrogens is 308 g/mol. The highest BCUT2D eigenvalue weighted by atomic mass is 16.5. The van der Waals surface area contributed by atoms with Crippen molar-refractivity contribution >= 4 is 17.8 Å². The fourth-order valence-electron chi connectivity index (χ4n) is 4.83. The van der Waals surface area contributed by atoms with Crippen molar-refractivity contribution < 1.29 is 19.1 Å². The van der Waals surface area contributed by atoms with E-state index in [0.29, 0.717) is 25.6 Å². The summed E-state index contributed by atoms with van der Waals surface area (Å²) in [6, 6.07) is 0. The van der Waals surface area contributed by atoms with Crippen LogP contribution in [0.1, 0.15) is 47.0 Å². The van der Waals surface area contributed by atoms with Crippen molar-refractivity contribution in [3.63, 3.8) is 0 Å². The van der Waals surface area contributed by atoms with E-state index in [9.17, 15) is 14.4 Å². The fourth-order valence-corrected chi connectivity index (χ4v) is 4.83. The molecule has 134 valence electrons. The van der Waals surface area contributed by atoms with Gasteiger partial charge in [-0.3, -0.25) is 14.4 Å². The number of nitrogens with zero attached hydrogens (tertiary/aromatic N) is 2. The van der Waals surface area contributed by atoms with Crippen LogP contribution >= 0.6 is 0 Å². The first-order chi connectivity index (χ1) is 11.2. The largest absolute Gasteiger partial charge is 0.460 e. The Morgan fingerprint density at radius 1 is 1.17 bits per heavy atom. The van der Waals surface area contributed by atoms with Crippen molar-refractivity contribution in [3.8, 4) is 0 Å². The lowest BCUT2D eigenvalue weighted by atomic mass is 9.70. The highest BCUT2D eigenvalue weighted by molar-refractivity contribution is 6.35. The standard InChI is InChI=1S/C18H28N2O4/c1-5-19-8-9-20(16(23)15(19)22)11-14(21)24-13-10-12-6-7-18(13,4)17(12,2)3/h12-13H,5-11H2,1-4H3/t12-,13+,18-/m1/s1. The van der Waals surface area contributed by atoms with E-state index in [2.05, 4.69) is 20.8 Å². The second-order valence-electron chi connectivity index (χ2n) is 8.20. The lowest BCUT2D eigenvalue weighted by Crippen LogP contribution is -2.55. The molecule has 1 heterocycles. The molecule has 2 aliphatic carbocycles. The highest BCUT2D eigenvalue weighted by Gasteiger charge is 2.62. The number of amides is 2. The molecule has 0 unspecified atom stereocenters. The van der Waals surface area contributed by atoms with Gasteiger partial charge in [0.25, 0.3) is 0 Å². The number of ether oxygens (including phenoxy) is 1. The third-order valence-electron chi connectivity index (χ3n) is 7.09. The number of carbonyl (C=O) groups is 3. The smallest absolute Gasteiger partial charge is 0.325 e. The van der Waals surface area contributed by atoms with Crippen LogP contribution in [0, 0.1) is 16.7 Å². The number of rotatable bonds is 4. The van der Waals surface area contributed by atoms with Crippen molar-refractivity contribution in [2.75, 3.05) is 26.2 Å². The predicted molar refractivity (Wildman–Crippen MR) is 87.9 cm³/mol. The summed E-state index contributed by atoms with van der Waals surface area (Å²) in [6.45, 7) is 9.85. The average molecular weight is 336 g/mol. The molecule has 2 saturated carbocycles. The molecule has 2 amide bonds. The third-order valence-corrected chi connectivity index (χ3v) is 7.09. The van der Waals surface area contributed by atoms with Gasteiger partial charge in [0, 0.05) is 25.0 Å². The van der Waals surface area contributed by atoms with Gasteiger partial charge in [0.05, 0.1) is 0 Å². The number of likely N-dealkylation sites (N-methyl/N-ethyl adjacent to an activating group) is 1. The molecule has 2 bridgehead atoms. The van der Waals surface area contributed by atoms with E-state index < -0.39 is 17.8 Å². The van der Waals surface area contributed by atoms with Crippen LogP contribution in [0.3, 0.4) is 0 Å². The number of hydrogen-bond acceptors (Lipinski definition) is 4. The van der Waals surface area contributed by atoms with Crippen molar-refractivity contribution in [2.45, 2.75) is 53.1 Å². The van der Waals surface area contributed by atoms with Gasteiger partial charge in [0.1, 0.15) is 12.6 Å². The maximum atomic E-state index is 12.4. The van der Waals surface area contributed by atoms with Crippen molar-refractivity contribution in [1.82, 2.24) is 9.80 Å². The van der Waals surface area contributed by atoms with E-state index in [1.165, 1.54) is 16.2 Å². The van der Waals surface area contributed by atoms with Crippen LogP contribution in [0.25, 0.3) is 0 Å². The average Bonchev–Trinajstić information content (AvgIpc) is 2.85. The van der Waals surface area contributed by atoms with Crippen LogP contribution in [-0.2, 0) is 19.1 Å². The molecule has 6 heteroatoms. The number of hydrogen-bond donors (Lipinski definition) is 0. The van der Waals surface area contributed by atoms with E-state index in [1.54, 1.807) is 0 Å². The lowest BCUT2D eigenvalue weighted by Gasteiger charge is -2.39. The second kappa shape index (κ2) is 5.74. The monoisotopic (exact) mass is 336 g/mol. The van der Waals surface area contributed by atoms with E-state index in [4.69, 9.17) is 4.74 Å². The number of esters is 1. The van der Waals surface area contributed by atoms with Crippen molar-refractivity contribution in [2.24, 2.45) is 16.7 Å². The Labute approximate surface area is 143 Å². The Morgan fingerprint density at radius 3 is 2.33 bits per heavy atom. The first-order valence-electron chi connectivity index (χ1n) is 8.98. The molecule has 1 saturated heterocycles. The molecule has 24 heavy (non-hydrogen) atoms. The van der Waals surface area contributed by atoms with Gasteiger partial charge in [-0.25, -0.2) is 0 Å². The highest BCUT2D eigenvalue weighted by Crippen LogP contribution is 2.66. The van der Waals surface area contributed by atoms with Crippen LogP contribution in [0.15, 0.2) is 0 Å². The molecular formula is C18H28N2O4. The fraction of sp³-hybridized carbons (Fsp3) is 0.833. The summed E-state index contributed by atoms with van der Waals surface area (Å²) in [6.07, 6.45) is 3.10. The number of fused-ring (bicyclic) bond motifs is 2. The van der Waals surface area contributed by atoms with Gasteiger partial charge in [-0.05, 0) is 37.5 Å². The molecule has 0 spiro atoms. The van der Waals surface area contributed by atoms with Gasteiger partial charge < -0.3 is 14.5 Å². The zero-order valence-electron chi connectivity index (χ0n) is 15.1. The SMILES string of the molecule is CCN1CCN(CC(=O)O[C@H]2C[C@H]3CC[C@@]2(C)C3(C)C)C(=O)C1=O. The first kappa shape index (κ1) is 17.2. The zero-order valence-corrected chi connectivity index (χ0v) is 15.1. The molecule has 3 rings (SSSR count). The Hall–Kier alpha value is -1.59. The summed E-state index contributed by atoms with van der Waals surface area (Å²) >= 11 is 0. The Morgan fingerprint density at radius 2 is 1.79 bits per heavy atom. The van der Waals surface area contributed by atoms with Gasteiger partial charge in [-0.2, -0.15) is 0 Å². The summed E-state index contributed by atoms with van der Waals surface area (Å²) in [5, 5.41) is 0. The molecule has 0 aromatic carbocycles. The third kappa shape index (κ3) is 2.42. The van der Waals surface area contributed by atoms with Crippen LogP contribution in [-0.4, -0.2) is 59.9 Å². The summed E-state index contributed by atoms with van der Waals surface area (Å²) in [7, 11) is 0. The van der Waals surface area contributed by atoms with Crippen LogP contribution in [0.4, 0.5) is 0 Å². The predicted octanol–water partition coefficient (Wildman–Crippen LogP) is 1.44. The molecule has 1 aliphatic heterocycles. The van der Waals surface area contributed by atoms with E-state index in [-0.39, 0.29) is 23.5 Å². The Bertz CT molecular complexity index is 573. The molecule has 6 nitrogen and oxygen atoms in total. The summed E-state index contributed by atoms with van der Waals surface area (Å²) < 4.78 is 5.77. The summed E-state index contributed by atoms with van der Waals surface area (Å²) in [4.78, 5) is 39.2. The molecule has 3 fully saturated rings. The minimum Gasteiger partial charge on any atom is -0.460 e. The molecule has 0 aromatic rings. The summed E-state index contributed by atoms with van der Waals surface area (Å²) in [5.41, 5.74) is 0.185. The summed E-state index contributed by atoms with van der Waals surface area (Å²) in [5.74, 6) is -0.920. The maximum absolute atomic E-state index is 12.4. The molecule has 0 aromatic heterocycles. The quantitative estimate of drug-likeness (QED) is 0.575. The second-order valence-corrected chi connectivity index (χ2v) is 8.20. The number of carbonyl (C=O) groups excluding carboxylic acids is 3. The van der Waals surface area contributed by atoms with Crippen LogP contribution in [0.2, 0.25) is 0 Å².